The van der Waals surface area contributed by atoms with Gasteiger partial charge in [0.1, 0.15) is 0 Å². The molecule has 7 rings (SSSR count). The van der Waals surface area contributed by atoms with Crippen molar-refractivity contribution in [2.24, 2.45) is 0 Å². The Morgan fingerprint density at radius 2 is 0.788 bits per heavy atom. The Kier molecular flexibility index (Phi) is 11.1. The lowest BCUT2D eigenvalue weighted by Crippen LogP contribution is -2.22. The maximum absolute atomic E-state index is 3.66. The first kappa shape index (κ1) is 36.2. The van der Waals surface area contributed by atoms with Crippen LogP contribution in [0.4, 0.5) is 34.1 Å². The van der Waals surface area contributed by atoms with Gasteiger partial charge in [-0.15, -0.1) is 0 Å². The van der Waals surface area contributed by atoms with Crippen LogP contribution < -0.4 is 9.80 Å². The SMILES string of the molecule is CCCCCCCCC1(C)c2cc(N(c3ccc(C)cc3)c3ccc(Br)cc3)ccc2-c2ccc(N(c3ccc(C)cc3)c3ccc(Br)cc3)cc21. The summed E-state index contributed by atoms with van der Waals surface area (Å²) in [5.41, 5.74) is 14.9. The van der Waals surface area contributed by atoms with Gasteiger partial charge >= 0.3 is 0 Å². The minimum atomic E-state index is -0.140. The summed E-state index contributed by atoms with van der Waals surface area (Å²) in [5, 5.41) is 0. The first-order valence-electron chi connectivity index (χ1n) is 18.8. The molecule has 52 heavy (non-hydrogen) atoms. The molecule has 0 aliphatic heterocycles. The molecule has 0 fully saturated rings. The summed E-state index contributed by atoms with van der Waals surface area (Å²) < 4.78 is 2.16. The molecule has 0 atom stereocenters. The second kappa shape index (κ2) is 15.9. The molecule has 0 unspecified atom stereocenters. The highest BCUT2D eigenvalue weighted by molar-refractivity contribution is 9.10. The van der Waals surface area contributed by atoms with Crippen LogP contribution in [0.1, 0.15) is 81.0 Å². The molecule has 0 aromatic heterocycles. The van der Waals surface area contributed by atoms with Gasteiger partial charge in [0.25, 0.3) is 0 Å². The van der Waals surface area contributed by atoms with Gasteiger partial charge < -0.3 is 9.80 Å². The quantitative estimate of drug-likeness (QED) is 0.107. The lowest BCUT2D eigenvalue weighted by Gasteiger charge is -2.32. The van der Waals surface area contributed by atoms with Crippen molar-refractivity contribution in [2.75, 3.05) is 9.80 Å². The highest BCUT2D eigenvalue weighted by atomic mass is 79.9. The predicted molar refractivity (Wildman–Crippen MR) is 231 cm³/mol. The molecule has 6 aromatic rings. The lowest BCUT2D eigenvalue weighted by atomic mass is 9.75. The maximum Gasteiger partial charge on any atom is 0.0465 e. The van der Waals surface area contributed by atoms with Crippen molar-refractivity contribution in [3.8, 4) is 11.1 Å². The number of anilines is 6. The fourth-order valence-electron chi connectivity index (χ4n) is 7.86. The van der Waals surface area contributed by atoms with E-state index in [0.29, 0.717) is 0 Å². The molecule has 6 aromatic carbocycles. The fourth-order valence-corrected chi connectivity index (χ4v) is 8.39. The van der Waals surface area contributed by atoms with E-state index >= 15 is 0 Å². The number of fused-ring (bicyclic) bond motifs is 3. The molecule has 264 valence electrons. The van der Waals surface area contributed by atoms with E-state index < -0.39 is 0 Å². The molecule has 0 bridgehead atoms. The van der Waals surface area contributed by atoms with Crippen LogP contribution >= 0.6 is 31.9 Å². The number of unbranched alkanes of at least 4 members (excludes halogenated alkanes) is 5. The molecular weight excluding hydrogens is 764 g/mol. The monoisotopic (exact) mass is 810 g/mol. The highest BCUT2D eigenvalue weighted by Gasteiger charge is 2.40. The molecule has 2 nitrogen and oxygen atoms in total. The Hall–Kier alpha value is -4.12. The molecule has 0 N–H and O–H groups in total. The largest absolute Gasteiger partial charge is 0.310 e. The van der Waals surface area contributed by atoms with E-state index in [1.165, 1.54) is 83.3 Å². The van der Waals surface area contributed by atoms with Crippen LogP contribution in [0.2, 0.25) is 0 Å². The van der Waals surface area contributed by atoms with Gasteiger partial charge in [-0.2, -0.15) is 0 Å². The van der Waals surface area contributed by atoms with Gasteiger partial charge in [0, 0.05) is 48.5 Å². The van der Waals surface area contributed by atoms with Crippen LogP contribution in [0, 0.1) is 13.8 Å². The van der Waals surface area contributed by atoms with Crippen molar-refractivity contribution >= 4 is 66.0 Å². The van der Waals surface area contributed by atoms with E-state index in [1.807, 2.05) is 0 Å². The second-order valence-electron chi connectivity index (χ2n) is 14.6. The average molecular weight is 813 g/mol. The van der Waals surface area contributed by atoms with Gasteiger partial charge in [-0.1, -0.05) is 132 Å². The van der Waals surface area contributed by atoms with Crippen molar-refractivity contribution in [1.82, 2.24) is 0 Å². The van der Waals surface area contributed by atoms with Crippen molar-refractivity contribution < 1.29 is 0 Å². The molecule has 0 spiro atoms. The number of hydrogen-bond donors (Lipinski definition) is 0. The number of aryl methyl sites for hydroxylation is 2. The summed E-state index contributed by atoms with van der Waals surface area (Å²) in [6.45, 7) is 9.10. The summed E-state index contributed by atoms with van der Waals surface area (Å²) in [6.07, 6.45) is 8.81. The normalized spacial score (nSPS) is 12.7. The number of rotatable bonds is 13. The maximum atomic E-state index is 3.66. The summed E-state index contributed by atoms with van der Waals surface area (Å²) in [4.78, 5) is 4.80. The Balaban J connectivity index is 1.35. The van der Waals surface area contributed by atoms with Crippen molar-refractivity contribution in [3.05, 3.63) is 165 Å². The molecule has 0 saturated carbocycles. The van der Waals surface area contributed by atoms with Crippen molar-refractivity contribution in [3.63, 3.8) is 0 Å². The molecule has 0 heterocycles. The van der Waals surface area contributed by atoms with Gasteiger partial charge in [0.15, 0.2) is 0 Å². The summed E-state index contributed by atoms with van der Waals surface area (Å²) in [6, 6.07) is 49.5. The average Bonchev–Trinajstić information content (AvgIpc) is 3.40. The van der Waals surface area contributed by atoms with Crippen LogP contribution in [0.3, 0.4) is 0 Å². The summed E-state index contributed by atoms with van der Waals surface area (Å²) in [7, 11) is 0. The second-order valence-corrected chi connectivity index (χ2v) is 16.4. The van der Waals surface area contributed by atoms with E-state index in [2.05, 4.69) is 203 Å². The topological polar surface area (TPSA) is 6.48 Å². The van der Waals surface area contributed by atoms with Crippen molar-refractivity contribution in [1.29, 1.82) is 0 Å². The van der Waals surface area contributed by atoms with Crippen molar-refractivity contribution in [2.45, 2.75) is 78.1 Å². The van der Waals surface area contributed by atoms with E-state index in [9.17, 15) is 0 Å². The zero-order valence-corrected chi connectivity index (χ0v) is 34.0. The van der Waals surface area contributed by atoms with E-state index in [0.717, 1.165) is 38.1 Å². The Morgan fingerprint density at radius 3 is 1.19 bits per heavy atom. The number of nitrogens with zero attached hydrogens (tertiary/aromatic N) is 2. The van der Waals surface area contributed by atoms with Gasteiger partial charge in [0.05, 0.1) is 0 Å². The Bertz CT molecular complexity index is 1880. The van der Waals surface area contributed by atoms with E-state index in [1.54, 1.807) is 0 Å². The minimum Gasteiger partial charge on any atom is -0.310 e. The number of benzene rings is 6. The standard InChI is InChI=1S/C48H48Br2N2/c1-5-6-7-8-9-10-31-48(4)46-32-42(51(38-19-11-34(2)12-20-38)40-23-15-36(49)16-24-40)27-29-44(46)45-30-28-43(33-47(45)48)52(39-21-13-35(3)14-22-39)41-25-17-37(50)18-26-41/h11-30,32-33H,5-10,31H2,1-4H3. The molecule has 4 heteroatoms. The van der Waals surface area contributed by atoms with Crippen LogP contribution in [-0.2, 0) is 5.41 Å². The van der Waals surface area contributed by atoms with Gasteiger partial charge in [-0.25, -0.2) is 0 Å². The number of hydrogen-bond acceptors (Lipinski definition) is 2. The zero-order chi connectivity index (χ0) is 36.2. The highest BCUT2D eigenvalue weighted by Crippen LogP contribution is 2.54. The third-order valence-electron chi connectivity index (χ3n) is 10.8. The van der Waals surface area contributed by atoms with Gasteiger partial charge in [0.2, 0.25) is 0 Å². The molecule has 0 amide bonds. The van der Waals surface area contributed by atoms with Crippen LogP contribution in [-0.4, -0.2) is 0 Å². The van der Waals surface area contributed by atoms with Crippen LogP contribution in [0.25, 0.3) is 11.1 Å². The number of halogens is 2. The zero-order valence-electron chi connectivity index (χ0n) is 30.8. The van der Waals surface area contributed by atoms with Crippen LogP contribution in [0.15, 0.2) is 142 Å². The fraction of sp³-hybridized carbons (Fsp3) is 0.250. The molecule has 1 aliphatic rings. The summed E-state index contributed by atoms with van der Waals surface area (Å²) in [5.74, 6) is 0. The third-order valence-corrected chi connectivity index (χ3v) is 11.8. The van der Waals surface area contributed by atoms with Gasteiger partial charge in [-0.3, -0.25) is 0 Å². The Labute approximate surface area is 327 Å². The Morgan fingerprint density at radius 1 is 0.442 bits per heavy atom. The third kappa shape index (κ3) is 7.52. The molecule has 0 saturated heterocycles. The molecular formula is C48H48Br2N2. The first-order valence-corrected chi connectivity index (χ1v) is 20.4. The van der Waals surface area contributed by atoms with E-state index in [-0.39, 0.29) is 5.41 Å². The molecule has 1 aliphatic carbocycles. The molecule has 0 radical (unpaired) electrons. The first-order chi connectivity index (χ1) is 25.2. The minimum absolute atomic E-state index is 0.140. The van der Waals surface area contributed by atoms with E-state index in [4.69, 9.17) is 0 Å². The lowest BCUT2D eigenvalue weighted by molar-refractivity contribution is 0.481. The predicted octanol–water partition coefficient (Wildman–Crippen LogP) is 15.8. The van der Waals surface area contributed by atoms with Crippen LogP contribution in [0.5, 0.6) is 0 Å². The van der Waals surface area contributed by atoms with Gasteiger partial charge in [-0.05, 0) is 140 Å². The summed E-state index contributed by atoms with van der Waals surface area (Å²) >= 11 is 7.32. The smallest absolute Gasteiger partial charge is 0.0465 e.